The molecule has 0 aromatic carbocycles. The van der Waals surface area contributed by atoms with E-state index in [1.54, 1.807) is 0 Å². The molecular weight excluding hydrogens is 278 g/mol. The van der Waals surface area contributed by atoms with E-state index in [-0.39, 0.29) is 17.4 Å². The van der Waals surface area contributed by atoms with Gasteiger partial charge in [-0.3, -0.25) is 9.89 Å². The smallest absolute Gasteiger partial charge is 0.229 e. The van der Waals surface area contributed by atoms with Gasteiger partial charge in [0.1, 0.15) is 0 Å². The molecule has 2 N–H and O–H groups in total. The molecule has 2 fully saturated rings. The van der Waals surface area contributed by atoms with Gasteiger partial charge >= 0.3 is 0 Å². The van der Waals surface area contributed by atoms with E-state index in [0.29, 0.717) is 18.2 Å². The normalized spacial score (nSPS) is 25.9. The van der Waals surface area contributed by atoms with Crippen LogP contribution in [0.15, 0.2) is 6.07 Å². The van der Waals surface area contributed by atoms with Crippen LogP contribution in [-0.4, -0.2) is 36.0 Å². The van der Waals surface area contributed by atoms with Gasteiger partial charge in [-0.15, -0.1) is 0 Å². The zero-order chi connectivity index (χ0) is 14.2. The largest absolute Gasteiger partial charge is 0.309 e. The number of carbonyl (C=O) groups is 1. The number of sulfone groups is 1. The fourth-order valence-electron chi connectivity index (χ4n) is 3.08. The van der Waals surface area contributed by atoms with Crippen molar-refractivity contribution >= 4 is 21.6 Å². The first kappa shape index (κ1) is 13.6. The highest BCUT2D eigenvalue weighted by Crippen LogP contribution is 2.33. The Morgan fingerprint density at radius 2 is 2.05 bits per heavy atom. The molecule has 110 valence electrons. The predicted octanol–water partition coefficient (Wildman–Crippen LogP) is 1.44. The Labute approximate surface area is 118 Å². The molecule has 1 saturated heterocycles. The Morgan fingerprint density at radius 3 is 2.70 bits per heavy atom. The molecule has 1 aromatic rings. The molecule has 0 spiro atoms. The molecule has 7 heteroatoms. The van der Waals surface area contributed by atoms with Crippen LogP contribution in [0.25, 0.3) is 0 Å². The molecule has 0 radical (unpaired) electrons. The average Bonchev–Trinajstić information content (AvgIpc) is 3.07. The molecule has 1 aromatic heterocycles. The summed E-state index contributed by atoms with van der Waals surface area (Å²) in [7, 11) is -3.03. The Hall–Kier alpha value is -1.37. The maximum Gasteiger partial charge on any atom is 0.229 e. The second-order valence-electron chi connectivity index (χ2n) is 5.78. The van der Waals surface area contributed by atoms with Gasteiger partial charge in [0.2, 0.25) is 5.91 Å². The number of hydrogen-bond acceptors (Lipinski definition) is 4. The number of nitrogens with zero attached hydrogens (tertiary/aromatic N) is 1. The van der Waals surface area contributed by atoms with E-state index < -0.39 is 15.8 Å². The minimum absolute atomic E-state index is 0.0429. The Balaban J connectivity index is 1.62. The summed E-state index contributed by atoms with van der Waals surface area (Å²) in [5.74, 6) is 0.404. The van der Waals surface area contributed by atoms with Crippen LogP contribution in [0.5, 0.6) is 0 Å². The lowest BCUT2D eigenvalue weighted by Crippen LogP contribution is -2.23. The van der Waals surface area contributed by atoms with E-state index in [9.17, 15) is 13.2 Å². The van der Waals surface area contributed by atoms with Crippen LogP contribution in [0.2, 0.25) is 0 Å². The van der Waals surface area contributed by atoms with Crippen molar-refractivity contribution in [3.63, 3.8) is 0 Å². The number of H-pyrrole nitrogens is 1. The fraction of sp³-hybridized carbons (Fsp3) is 0.692. The third-order valence-corrected chi connectivity index (χ3v) is 6.02. The molecule has 1 aliphatic carbocycles. The van der Waals surface area contributed by atoms with Gasteiger partial charge in [-0.25, -0.2) is 8.42 Å². The Kier molecular flexibility index (Phi) is 3.54. The highest BCUT2D eigenvalue weighted by Gasteiger charge is 2.33. The first-order valence-electron chi connectivity index (χ1n) is 7.10. The molecular formula is C13H19N3O3S. The van der Waals surface area contributed by atoms with Gasteiger partial charge in [-0.1, -0.05) is 12.8 Å². The molecule has 6 nitrogen and oxygen atoms in total. The van der Waals surface area contributed by atoms with E-state index in [0.717, 1.165) is 18.5 Å². The van der Waals surface area contributed by atoms with Gasteiger partial charge in [0.15, 0.2) is 15.7 Å². The van der Waals surface area contributed by atoms with Gasteiger partial charge in [0.25, 0.3) is 0 Å². The van der Waals surface area contributed by atoms with Gasteiger partial charge < -0.3 is 5.32 Å². The zero-order valence-corrected chi connectivity index (χ0v) is 12.1. The van der Waals surface area contributed by atoms with Crippen molar-refractivity contribution in [2.75, 3.05) is 16.8 Å². The lowest BCUT2D eigenvalue weighted by atomic mass is 10.0. The molecule has 1 saturated carbocycles. The highest BCUT2D eigenvalue weighted by atomic mass is 32.2. The lowest BCUT2D eigenvalue weighted by molar-refractivity contribution is -0.119. The van der Waals surface area contributed by atoms with E-state index in [1.165, 1.54) is 12.8 Å². The van der Waals surface area contributed by atoms with Gasteiger partial charge in [-0.05, 0) is 19.3 Å². The minimum atomic E-state index is -3.03. The second-order valence-corrected chi connectivity index (χ2v) is 8.01. The molecule has 3 rings (SSSR count). The number of aromatic nitrogens is 2. The molecule has 20 heavy (non-hydrogen) atoms. The van der Waals surface area contributed by atoms with Crippen molar-refractivity contribution in [2.24, 2.45) is 5.92 Å². The summed E-state index contributed by atoms with van der Waals surface area (Å²) in [5, 5.41) is 9.80. The molecule has 2 aliphatic rings. The minimum Gasteiger partial charge on any atom is -0.309 e. The molecule has 1 aliphatic heterocycles. The Morgan fingerprint density at radius 1 is 1.30 bits per heavy atom. The van der Waals surface area contributed by atoms with Gasteiger partial charge in [-0.2, -0.15) is 5.10 Å². The van der Waals surface area contributed by atoms with Crippen LogP contribution in [0.1, 0.15) is 43.7 Å². The maximum absolute atomic E-state index is 12.0. The molecule has 2 heterocycles. The van der Waals surface area contributed by atoms with E-state index >= 15 is 0 Å². The standard InChI is InChI=1S/C13H19N3O3S/c17-13(10-5-6-20(18,19)8-10)14-12-7-11(15-16-12)9-3-1-2-4-9/h7,9-10H,1-6,8H2,(H2,14,15,16,17). The zero-order valence-electron chi connectivity index (χ0n) is 11.3. The Bertz CT molecular complexity index is 602. The highest BCUT2D eigenvalue weighted by molar-refractivity contribution is 7.91. The average molecular weight is 297 g/mol. The number of anilines is 1. The number of rotatable bonds is 3. The van der Waals surface area contributed by atoms with Crippen LogP contribution < -0.4 is 5.32 Å². The first-order chi connectivity index (χ1) is 9.53. The summed E-state index contributed by atoms with van der Waals surface area (Å²) >= 11 is 0. The van der Waals surface area contributed by atoms with Crippen molar-refractivity contribution in [1.29, 1.82) is 0 Å². The summed E-state index contributed by atoms with van der Waals surface area (Å²) in [6.07, 6.45) is 5.22. The monoisotopic (exact) mass is 297 g/mol. The number of carbonyl (C=O) groups excluding carboxylic acids is 1. The van der Waals surface area contributed by atoms with E-state index in [2.05, 4.69) is 15.5 Å². The SMILES string of the molecule is O=C(Nc1cc(C2CCCC2)[nH]n1)C1CCS(=O)(=O)C1. The summed E-state index contributed by atoms with van der Waals surface area (Å²) in [6.45, 7) is 0. The third kappa shape index (κ3) is 2.87. The fourth-order valence-corrected chi connectivity index (χ4v) is 4.82. The molecule has 0 bridgehead atoms. The lowest BCUT2D eigenvalue weighted by Gasteiger charge is -2.06. The predicted molar refractivity (Wildman–Crippen MR) is 75.2 cm³/mol. The molecule has 1 amide bonds. The quantitative estimate of drug-likeness (QED) is 0.883. The number of aromatic amines is 1. The topological polar surface area (TPSA) is 91.9 Å². The summed E-state index contributed by atoms with van der Waals surface area (Å²) in [5.41, 5.74) is 1.07. The summed E-state index contributed by atoms with van der Waals surface area (Å²) in [6, 6.07) is 1.87. The third-order valence-electron chi connectivity index (χ3n) is 4.25. The molecule has 1 atom stereocenters. The van der Waals surface area contributed by atoms with Crippen molar-refractivity contribution in [2.45, 2.75) is 38.0 Å². The summed E-state index contributed by atoms with van der Waals surface area (Å²) in [4.78, 5) is 12.0. The number of hydrogen-bond donors (Lipinski definition) is 2. The van der Waals surface area contributed by atoms with Gasteiger partial charge in [0.05, 0.1) is 17.4 Å². The first-order valence-corrected chi connectivity index (χ1v) is 8.92. The van der Waals surface area contributed by atoms with Crippen LogP contribution >= 0.6 is 0 Å². The number of amides is 1. The van der Waals surface area contributed by atoms with Crippen molar-refractivity contribution in [1.82, 2.24) is 10.2 Å². The number of nitrogens with one attached hydrogen (secondary N) is 2. The second kappa shape index (κ2) is 5.20. The van der Waals surface area contributed by atoms with Crippen LogP contribution in [-0.2, 0) is 14.6 Å². The van der Waals surface area contributed by atoms with Crippen LogP contribution in [0, 0.1) is 5.92 Å². The maximum atomic E-state index is 12.0. The van der Waals surface area contributed by atoms with Crippen LogP contribution in [0.3, 0.4) is 0 Å². The van der Waals surface area contributed by atoms with Gasteiger partial charge in [0, 0.05) is 17.7 Å². The van der Waals surface area contributed by atoms with Crippen molar-refractivity contribution < 1.29 is 13.2 Å². The van der Waals surface area contributed by atoms with E-state index in [1.807, 2.05) is 6.07 Å². The van der Waals surface area contributed by atoms with Crippen molar-refractivity contribution in [3.05, 3.63) is 11.8 Å². The summed E-state index contributed by atoms with van der Waals surface area (Å²) < 4.78 is 22.7. The van der Waals surface area contributed by atoms with E-state index in [4.69, 9.17) is 0 Å². The molecule has 1 unspecified atom stereocenters. The van der Waals surface area contributed by atoms with Crippen LogP contribution in [0.4, 0.5) is 5.82 Å². The van der Waals surface area contributed by atoms with Crippen molar-refractivity contribution in [3.8, 4) is 0 Å².